The fourth-order valence-corrected chi connectivity index (χ4v) is 5.06. The van der Waals surface area contributed by atoms with Gasteiger partial charge in [-0.2, -0.15) is 0 Å². The molecule has 6 heteroatoms. The second-order valence-electron chi connectivity index (χ2n) is 7.21. The predicted molar refractivity (Wildman–Crippen MR) is 103 cm³/mol. The molecule has 0 radical (unpaired) electrons. The van der Waals surface area contributed by atoms with Gasteiger partial charge in [0.2, 0.25) is 5.91 Å². The van der Waals surface area contributed by atoms with Crippen molar-refractivity contribution in [2.75, 3.05) is 12.3 Å². The van der Waals surface area contributed by atoms with Crippen molar-refractivity contribution >= 4 is 15.7 Å². The Hall–Kier alpha value is -2.34. The summed E-state index contributed by atoms with van der Waals surface area (Å²) in [5.41, 5.74) is 3.50. The van der Waals surface area contributed by atoms with Crippen LogP contribution < -0.4 is 10.1 Å². The lowest BCUT2D eigenvalue weighted by atomic mass is 10.1. The van der Waals surface area contributed by atoms with Gasteiger partial charge in [0.05, 0.1) is 17.2 Å². The third-order valence-electron chi connectivity index (χ3n) is 5.27. The fourth-order valence-electron chi connectivity index (χ4n) is 3.77. The molecule has 1 aliphatic carbocycles. The maximum atomic E-state index is 12.5. The monoisotopic (exact) mass is 385 g/mol. The molecule has 27 heavy (non-hydrogen) atoms. The Balaban J connectivity index is 1.28. The normalized spacial score (nSPS) is 17.9. The lowest BCUT2D eigenvalue weighted by molar-refractivity contribution is -0.121. The zero-order chi connectivity index (χ0) is 18.9. The molecule has 0 spiro atoms. The number of ether oxygens (including phenoxy) is 1. The van der Waals surface area contributed by atoms with Gasteiger partial charge in [-0.25, -0.2) is 8.42 Å². The lowest BCUT2D eigenvalue weighted by Crippen LogP contribution is -2.35. The van der Waals surface area contributed by atoms with E-state index in [1.807, 2.05) is 30.3 Å². The van der Waals surface area contributed by atoms with E-state index in [0.29, 0.717) is 11.4 Å². The molecule has 1 atom stereocenters. The molecule has 0 saturated carbocycles. The SMILES string of the molecule is O=C(CCS(=O)(=O)c1ccc2c(c1)CCC2)NCC1Cc2ccccc2O1. The summed E-state index contributed by atoms with van der Waals surface area (Å²) in [5.74, 6) is 0.416. The van der Waals surface area contributed by atoms with Crippen LogP contribution in [0.25, 0.3) is 0 Å². The van der Waals surface area contributed by atoms with Crippen molar-refractivity contribution in [3.63, 3.8) is 0 Å². The van der Waals surface area contributed by atoms with Gasteiger partial charge in [0.25, 0.3) is 0 Å². The molecule has 142 valence electrons. The highest BCUT2D eigenvalue weighted by molar-refractivity contribution is 7.91. The molecule has 0 bridgehead atoms. The molecule has 1 unspecified atom stereocenters. The third kappa shape index (κ3) is 4.00. The van der Waals surface area contributed by atoms with E-state index < -0.39 is 9.84 Å². The molecule has 1 heterocycles. The van der Waals surface area contributed by atoms with Crippen LogP contribution in [0.3, 0.4) is 0 Å². The molecule has 0 saturated heterocycles. The lowest BCUT2D eigenvalue weighted by Gasteiger charge is -2.12. The number of carbonyl (C=O) groups excluding carboxylic acids is 1. The zero-order valence-corrected chi connectivity index (χ0v) is 15.9. The smallest absolute Gasteiger partial charge is 0.221 e. The molecule has 1 aliphatic heterocycles. The number of rotatable bonds is 6. The summed E-state index contributed by atoms with van der Waals surface area (Å²) in [6.45, 7) is 0.381. The zero-order valence-electron chi connectivity index (χ0n) is 15.1. The summed E-state index contributed by atoms with van der Waals surface area (Å²) in [5, 5.41) is 2.80. The standard InChI is InChI=1S/C21H23NO4S/c23-21(22-14-18-12-17-4-1-2-7-20(17)26-18)10-11-27(24,25)19-9-8-15-5-3-6-16(15)13-19/h1-2,4,7-9,13,18H,3,5-6,10-12,14H2,(H,22,23). The van der Waals surface area contributed by atoms with Crippen molar-refractivity contribution in [2.45, 2.75) is 43.1 Å². The Bertz CT molecular complexity index is 943. The summed E-state index contributed by atoms with van der Waals surface area (Å²) in [7, 11) is -3.45. The first kappa shape index (κ1) is 18.0. The van der Waals surface area contributed by atoms with Gasteiger partial charge in [0, 0.05) is 12.8 Å². The highest BCUT2D eigenvalue weighted by Gasteiger charge is 2.23. The van der Waals surface area contributed by atoms with Crippen LogP contribution in [-0.2, 0) is 33.9 Å². The fraction of sp³-hybridized carbons (Fsp3) is 0.381. The van der Waals surface area contributed by atoms with Gasteiger partial charge in [-0.05, 0) is 54.2 Å². The Morgan fingerprint density at radius 3 is 2.74 bits per heavy atom. The van der Waals surface area contributed by atoms with E-state index in [2.05, 4.69) is 5.32 Å². The number of benzene rings is 2. The summed E-state index contributed by atoms with van der Waals surface area (Å²) in [6, 6.07) is 13.2. The second kappa shape index (κ2) is 7.35. The van der Waals surface area contributed by atoms with Crippen LogP contribution in [0.5, 0.6) is 5.75 Å². The minimum absolute atomic E-state index is 0.0426. The van der Waals surface area contributed by atoms with Crippen LogP contribution in [0.1, 0.15) is 29.5 Å². The van der Waals surface area contributed by atoms with Gasteiger partial charge in [0.15, 0.2) is 9.84 Å². The van der Waals surface area contributed by atoms with Crippen LogP contribution in [0.15, 0.2) is 47.4 Å². The van der Waals surface area contributed by atoms with E-state index in [1.54, 1.807) is 12.1 Å². The summed E-state index contributed by atoms with van der Waals surface area (Å²) in [4.78, 5) is 12.4. The minimum Gasteiger partial charge on any atom is -0.488 e. The predicted octanol–water partition coefficient (Wildman–Crippen LogP) is 2.46. The molecular formula is C21H23NO4S. The van der Waals surface area contributed by atoms with E-state index in [1.165, 1.54) is 5.56 Å². The molecule has 2 aromatic carbocycles. The number of fused-ring (bicyclic) bond motifs is 2. The topological polar surface area (TPSA) is 72.5 Å². The van der Waals surface area contributed by atoms with E-state index in [4.69, 9.17) is 4.74 Å². The van der Waals surface area contributed by atoms with Crippen molar-refractivity contribution in [2.24, 2.45) is 0 Å². The minimum atomic E-state index is -3.45. The van der Waals surface area contributed by atoms with Crippen molar-refractivity contribution in [3.8, 4) is 5.75 Å². The van der Waals surface area contributed by atoms with E-state index in [9.17, 15) is 13.2 Å². The number of nitrogens with one attached hydrogen (secondary N) is 1. The quantitative estimate of drug-likeness (QED) is 0.829. The van der Waals surface area contributed by atoms with Crippen LogP contribution in [0.4, 0.5) is 0 Å². The van der Waals surface area contributed by atoms with Crippen LogP contribution >= 0.6 is 0 Å². The average Bonchev–Trinajstić information content (AvgIpc) is 3.30. The van der Waals surface area contributed by atoms with E-state index >= 15 is 0 Å². The Kier molecular flexibility index (Phi) is 4.91. The number of carbonyl (C=O) groups is 1. The number of hydrogen-bond donors (Lipinski definition) is 1. The van der Waals surface area contributed by atoms with Crippen LogP contribution in [-0.4, -0.2) is 32.7 Å². The molecule has 1 N–H and O–H groups in total. The molecule has 4 rings (SSSR count). The molecule has 2 aromatic rings. The van der Waals surface area contributed by atoms with Crippen molar-refractivity contribution in [3.05, 3.63) is 59.2 Å². The third-order valence-corrected chi connectivity index (χ3v) is 6.98. The Morgan fingerprint density at radius 1 is 1.07 bits per heavy atom. The maximum absolute atomic E-state index is 12.5. The average molecular weight is 385 g/mol. The summed E-state index contributed by atoms with van der Waals surface area (Å²) >= 11 is 0. The van der Waals surface area contributed by atoms with Gasteiger partial charge in [-0.15, -0.1) is 0 Å². The molecular weight excluding hydrogens is 362 g/mol. The highest BCUT2D eigenvalue weighted by atomic mass is 32.2. The Labute approximate surface area is 159 Å². The second-order valence-corrected chi connectivity index (χ2v) is 9.32. The van der Waals surface area contributed by atoms with Gasteiger partial charge < -0.3 is 10.1 Å². The molecule has 0 aromatic heterocycles. The summed E-state index contributed by atoms with van der Waals surface area (Å²) < 4.78 is 30.9. The first-order valence-corrected chi connectivity index (χ1v) is 11.0. The number of sulfone groups is 1. The highest BCUT2D eigenvalue weighted by Crippen LogP contribution is 2.28. The molecule has 1 amide bonds. The van der Waals surface area contributed by atoms with Crippen LogP contribution in [0.2, 0.25) is 0 Å². The molecule has 2 aliphatic rings. The van der Waals surface area contributed by atoms with Crippen molar-refractivity contribution in [1.29, 1.82) is 0 Å². The number of amides is 1. The van der Waals surface area contributed by atoms with Gasteiger partial charge in [0.1, 0.15) is 11.9 Å². The van der Waals surface area contributed by atoms with Gasteiger partial charge >= 0.3 is 0 Å². The largest absolute Gasteiger partial charge is 0.488 e. The summed E-state index contributed by atoms with van der Waals surface area (Å²) in [6.07, 6.45) is 3.64. The maximum Gasteiger partial charge on any atom is 0.221 e. The number of aryl methyl sites for hydroxylation is 2. The number of hydrogen-bond acceptors (Lipinski definition) is 4. The Morgan fingerprint density at radius 2 is 1.89 bits per heavy atom. The van der Waals surface area contributed by atoms with Crippen LogP contribution in [0, 0.1) is 0 Å². The van der Waals surface area contributed by atoms with Gasteiger partial charge in [-0.1, -0.05) is 24.3 Å². The van der Waals surface area contributed by atoms with Crippen molar-refractivity contribution < 1.29 is 17.9 Å². The first-order valence-electron chi connectivity index (χ1n) is 9.37. The van der Waals surface area contributed by atoms with Gasteiger partial charge in [-0.3, -0.25) is 4.79 Å². The molecule has 0 fully saturated rings. The van der Waals surface area contributed by atoms with Crippen molar-refractivity contribution in [1.82, 2.24) is 5.32 Å². The van der Waals surface area contributed by atoms with E-state index in [0.717, 1.165) is 42.6 Å². The first-order chi connectivity index (χ1) is 13.0. The van der Waals surface area contributed by atoms with E-state index in [-0.39, 0.29) is 24.2 Å². The molecule has 5 nitrogen and oxygen atoms in total. The number of para-hydroxylation sites is 1.